The van der Waals surface area contributed by atoms with E-state index >= 15 is 0 Å². The molecule has 1 N–H and O–H groups in total. The Labute approximate surface area is 161 Å². The second-order valence-electron chi connectivity index (χ2n) is 7.31. The molecule has 2 aliphatic heterocycles. The van der Waals surface area contributed by atoms with Crippen molar-refractivity contribution < 1.29 is 14.3 Å². The molecule has 0 atom stereocenters. The van der Waals surface area contributed by atoms with Crippen LogP contribution in [-0.2, 0) is 14.3 Å². The van der Waals surface area contributed by atoms with Gasteiger partial charge in [0, 0.05) is 37.6 Å². The van der Waals surface area contributed by atoms with Gasteiger partial charge in [-0.2, -0.15) is 0 Å². The Morgan fingerprint density at radius 1 is 1.00 bits per heavy atom. The molecule has 2 amide bonds. The molecule has 7 nitrogen and oxygen atoms in total. The van der Waals surface area contributed by atoms with Crippen LogP contribution in [0.5, 0.6) is 0 Å². The summed E-state index contributed by atoms with van der Waals surface area (Å²) in [5.74, 6) is -0.0718. The lowest BCUT2D eigenvalue weighted by atomic mass is 10.1. The summed E-state index contributed by atoms with van der Waals surface area (Å²) in [7, 11) is 1.79. The Morgan fingerprint density at radius 3 is 2.33 bits per heavy atom. The first kappa shape index (κ1) is 19.6. The Hall–Kier alpha value is -2.12. The number of carbonyl (C=O) groups is 2. The highest BCUT2D eigenvalue weighted by atomic mass is 16.5. The van der Waals surface area contributed by atoms with Gasteiger partial charge in [0.2, 0.25) is 11.8 Å². The normalized spacial score (nSPS) is 17.9. The number of carbonyl (C=O) groups excluding carboxylic acids is 2. The molecule has 3 rings (SSSR count). The van der Waals surface area contributed by atoms with Crippen LogP contribution in [0, 0.1) is 0 Å². The van der Waals surface area contributed by atoms with Crippen LogP contribution in [0.3, 0.4) is 0 Å². The molecule has 7 heteroatoms. The SMILES string of the molecule is CN(CC(=O)Nc1ccc(N2CCCCC2)cc1)CC(=O)N1CCOCC1. The van der Waals surface area contributed by atoms with Crippen molar-refractivity contribution in [2.24, 2.45) is 0 Å². The lowest BCUT2D eigenvalue weighted by Gasteiger charge is -2.29. The van der Waals surface area contributed by atoms with Gasteiger partial charge in [-0.3, -0.25) is 14.5 Å². The summed E-state index contributed by atoms with van der Waals surface area (Å²) in [6.07, 6.45) is 3.80. The smallest absolute Gasteiger partial charge is 0.238 e. The van der Waals surface area contributed by atoms with Crippen LogP contribution in [0.1, 0.15) is 19.3 Å². The van der Waals surface area contributed by atoms with Crippen molar-refractivity contribution in [3.8, 4) is 0 Å². The fourth-order valence-corrected chi connectivity index (χ4v) is 3.55. The van der Waals surface area contributed by atoms with Crippen LogP contribution in [0.4, 0.5) is 11.4 Å². The highest BCUT2D eigenvalue weighted by Crippen LogP contribution is 2.21. The third-order valence-electron chi connectivity index (χ3n) is 5.05. The summed E-state index contributed by atoms with van der Waals surface area (Å²) in [5, 5.41) is 2.91. The topological polar surface area (TPSA) is 65.1 Å². The summed E-state index contributed by atoms with van der Waals surface area (Å²) >= 11 is 0. The van der Waals surface area contributed by atoms with Crippen molar-refractivity contribution in [2.45, 2.75) is 19.3 Å². The van der Waals surface area contributed by atoms with Crippen LogP contribution < -0.4 is 10.2 Å². The first-order chi connectivity index (χ1) is 13.1. The second kappa shape index (κ2) is 9.71. The molecule has 0 unspecified atom stereocenters. The Bertz CT molecular complexity index is 623. The fraction of sp³-hybridized carbons (Fsp3) is 0.600. The molecule has 2 aliphatic rings. The van der Waals surface area contributed by atoms with Gasteiger partial charge >= 0.3 is 0 Å². The van der Waals surface area contributed by atoms with E-state index in [-0.39, 0.29) is 24.9 Å². The molecule has 0 aliphatic carbocycles. The summed E-state index contributed by atoms with van der Waals surface area (Å²) < 4.78 is 5.26. The van der Waals surface area contributed by atoms with Crippen LogP contribution in [0.15, 0.2) is 24.3 Å². The number of anilines is 2. The molecule has 2 saturated heterocycles. The van der Waals surface area contributed by atoms with Crippen molar-refractivity contribution in [3.63, 3.8) is 0 Å². The third kappa shape index (κ3) is 5.94. The second-order valence-corrected chi connectivity index (χ2v) is 7.31. The number of nitrogens with zero attached hydrogens (tertiary/aromatic N) is 3. The van der Waals surface area contributed by atoms with Crippen LogP contribution in [0.25, 0.3) is 0 Å². The Kier molecular flexibility index (Phi) is 7.06. The van der Waals surface area contributed by atoms with Crippen molar-refractivity contribution in [3.05, 3.63) is 24.3 Å². The third-order valence-corrected chi connectivity index (χ3v) is 5.05. The van der Waals surface area contributed by atoms with E-state index in [9.17, 15) is 9.59 Å². The number of likely N-dealkylation sites (N-methyl/N-ethyl adjacent to an activating group) is 1. The van der Waals surface area contributed by atoms with E-state index in [0.29, 0.717) is 26.3 Å². The molecule has 0 aromatic heterocycles. The predicted octanol–water partition coefficient (Wildman–Crippen LogP) is 1.41. The van der Waals surface area contributed by atoms with Gasteiger partial charge in [-0.15, -0.1) is 0 Å². The van der Waals surface area contributed by atoms with Crippen LogP contribution in [0.2, 0.25) is 0 Å². The molecule has 27 heavy (non-hydrogen) atoms. The van der Waals surface area contributed by atoms with Gasteiger partial charge in [-0.25, -0.2) is 0 Å². The summed E-state index contributed by atoms with van der Waals surface area (Å²) in [5.41, 5.74) is 1.99. The largest absolute Gasteiger partial charge is 0.378 e. The molecular formula is C20H30N4O3. The molecule has 2 fully saturated rings. The molecule has 0 radical (unpaired) electrons. The van der Waals surface area contributed by atoms with E-state index in [1.807, 2.05) is 12.1 Å². The number of piperidine rings is 1. The Morgan fingerprint density at radius 2 is 1.67 bits per heavy atom. The van der Waals surface area contributed by atoms with E-state index in [0.717, 1.165) is 18.8 Å². The number of rotatable bonds is 6. The molecule has 1 aromatic rings. The number of nitrogens with one attached hydrogen (secondary N) is 1. The summed E-state index contributed by atoms with van der Waals surface area (Å²) in [6, 6.07) is 8.01. The molecule has 2 heterocycles. The Balaban J connectivity index is 1.43. The zero-order chi connectivity index (χ0) is 19.1. The number of hydrogen-bond acceptors (Lipinski definition) is 5. The molecule has 0 spiro atoms. The van der Waals surface area contributed by atoms with Crippen molar-refractivity contribution in [1.29, 1.82) is 0 Å². The van der Waals surface area contributed by atoms with Gasteiger partial charge in [-0.1, -0.05) is 0 Å². The predicted molar refractivity (Wildman–Crippen MR) is 106 cm³/mol. The van der Waals surface area contributed by atoms with E-state index in [1.54, 1.807) is 16.8 Å². The maximum Gasteiger partial charge on any atom is 0.238 e. The number of hydrogen-bond donors (Lipinski definition) is 1. The van der Waals surface area contributed by atoms with Gasteiger partial charge in [0.05, 0.1) is 26.3 Å². The van der Waals surface area contributed by atoms with Gasteiger partial charge in [-0.05, 0) is 50.6 Å². The minimum absolute atomic E-state index is 0.0412. The standard InChI is InChI=1S/C20H30N4O3/c1-22(16-20(26)24-11-13-27-14-12-24)15-19(25)21-17-5-7-18(8-6-17)23-9-3-2-4-10-23/h5-8H,2-4,9-16H2,1H3,(H,21,25). The minimum atomic E-state index is -0.113. The van der Waals surface area contributed by atoms with E-state index < -0.39 is 0 Å². The van der Waals surface area contributed by atoms with Crippen LogP contribution in [-0.4, -0.2) is 81.1 Å². The minimum Gasteiger partial charge on any atom is -0.378 e. The maximum atomic E-state index is 12.3. The van der Waals surface area contributed by atoms with Gasteiger partial charge in [0.1, 0.15) is 0 Å². The molecule has 0 saturated carbocycles. The zero-order valence-corrected chi connectivity index (χ0v) is 16.2. The first-order valence-corrected chi connectivity index (χ1v) is 9.81. The number of benzene rings is 1. The number of ether oxygens (including phenoxy) is 1. The summed E-state index contributed by atoms with van der Waals surface area (Å²) in [6.45, 7) is 5.06. The molecule has 148 valence electrons. The number of amides is 2. The fourth-order valence-electron chi connectivity index (χ4n) is 3.55. The average molecular weight is 374 g/mol. The quantitative estimate of drug-likeness (QED) is 0.816. The van der Waals surface area contributed by atoms with E-state index in [4.69, 9.17) is 4.74 Å². The average Bonchev–Trinajstić information content (AvgIpc) is 2.69. The van der Waals surface area contributed by atoms with Gasteiger partial charge in [0.25, 0.3) is 0 Å². The van der Waals surface area contributed by atoms with Gasteiger partial charge < -0.3 is 19.9 Å². The monoisotopic (exact) mass is 374 g/mol. The van der Waals surface area contributed by atoms with Gasteiger partial charge in [0.15, 0.2) is 0 Å². The van der Waals surface area contributed by atoms with Crippen molar-refractivity contribution in [2.75, 3.05) is 69.7 Å². The molecule has 1 aromatic carbocycles. The van der Waals surface area contributed by atoms with E-state index in [2.05, 4.69) is 22.3 Å². The highest BCUT2D eigenvalue weighted by molar-refractivity contribution is 5.92. The number of morpholine rings is 1. The van der Waals surface area contributed by atoms with Crippen molar-refractivity contribution >= 4 is 23.2 Å². The lowest BCUT2D eigenvalue weighted by Crippen LogP contribution is -2.46. The summed E-state index contributed by atoms with van der Waals surface area (Å²) in [4.78, 5) is 30.4. The molecule has 0 bridgehead atoms. The van der Waals surface area contributed by atoms with Crippen LogP contribution >= 0.6 is 0 Å². The maximum absolute atomic E-state index is 12.3. The first-order valence-electron chi connectivity index (χ1n) is 9.81. The van der Waals surface area contributed by atoms with E-state index in [1.165, 1.54) is 24.9 Å². The lowest BCUT2D eigenvalue weighted by molar-refractivity contribution is -0.136. The zero-order valence-electron chi connectivity index (χ0n) is 16.2. The molecular weight excluding hydrogens is 344 g/mol. The highest BCUT2D eigenvalue weighted by Gasteiger charge is 2.19. The van der Waals surface area contributed by atoms with Crippen molar-refractivity contribution in [1.82, 2.24) is 9.80 Å².